The summed E-state index contributed by atoms with van der Waals surface area (Å²) in [5.41, 5.74) is 4.58. The zero-order valence-electron chi connectivity index (χ0n) is 23.9. The van der Waals surface area contributed by atoms with Gasteiger partial charge in [0.05, 0.1) is 17.4 Å². The molecule has 2 fully saturated rings. The van der Waals surface area contributed by atoms with Crippen LogP contribution in [-0.4, -0.2) is 49.7 Å². The van der Waals surface area contributed by atoms with Crippen LogP contribution in [-0.2, 0) is 4.74 Å². The Morgan fingerprint density at radius 2 is 1.72 bits per heavy atom. The first-order valence-corrected chi connectivity index (χ1v) is 14.3. The van der Waals surface area contributed by atoms with Crippen molar-refractivity contribution in [3.63, 3.8) is 0 Å². The third kappa shape index (κ3) is 6.60. The Kier molecular flexibility index (Phi) is 7.91. The van der Waals surface area contributed by atoms with Crippen molar-refractivity contribution in [1.29, 1.82) is 0 Å². The molecule has 8 nitrogen and oxygen atoms in total. The zero-order valence-corrected chi connectivity index (χ0v) is 23.9. The summed E-state index contributed by atoms with van der Waals surface area (Å²) < 4.78 is 13.8. The van der Waals surface area contributed by atoms with Gasteiger partial charge in [0.1, 0.15) is 17.0 Å². The molecule has 1 aromatic carbocycles. The zero-order chi connectivity index (χ0) is 27.6. The predicted octanol–water partition coefficient (Wildman–Crippen LogP) is 7.37. The Labute approximate surface area is 231 Å². The second kappa shape index (κ2) is 11.4. The van der Waals surface area contributed by atoms with E-state index in [0.29, 0.717) is 24.9 Å². The van der Waals surface area contributed by atoms with Crippen LogP contribution in [0.5, 0.6) is 11.6 Å². The maximum absolute atomic E-state index is 12.5. The molecule has 0 unspecified atom stereocenters. The molecule has 0 N–H and O–H groups in total. The largest absolute Gasteiger partial charge is 0.444 e. The fourth-order valence-corrected chi connectivity index (χ4v) is 5.78. The molecule has 39 heavy (non-hydrogen) atoms. The number of aryl methyl sites for hydroxylation is 2. The van der Waals surface area contributed by atoms with E-state index in [-0.39, 0.29) is 12.1 Å². The van der Waals surface area contributed by atoms with Gasteiger partial charge >= 0.3 is 6.09 Å². The number of aromatic nitrogens is 4. The molecule has 1 saturated carbocycles. The monoisotopic (exact) mass is 531 g/mol. The van der Waals surface area contributed by atoms with Crippen LogP contribution in [0.15, 0.2) is 36.4 Å². The fourth-order valence-electron chi connectivity index (χ4n) is 5.78. The summed E-state index contributed by atoms with van der Waals surface area (Å²) in [5, 5.41) is 8.87. The summed E-state index contributed by atoms with van der Waals surface area (Å²) in [4.78, 5) is 19.2. The molecule has 1 aliphatic heterocycles. The van der Waals surface area contributed by atoms with Gasteiger partial charge in [0.15, 0.2) is 0 Å². The predicted molar refractivity (Wildman–Crippen MR) is 151 cm³/mol. The summed E-state index contributed by atoms with van der Waals surface area (Å²) >= 11 is 0. The Bertz CT molecular complexity index is 1300. The Morgan fingerprint density at radius 1 is 0.974 bits per heavy atom. The maximum atomic E-state index is 12.5. The van der Waals surface area contributed by atoms with Crippen molar-refractivity contribution >= 4 is 6.09 Å². The molecule has 3 aromatic rings. The minimum absolute atomic E-state index is 0.126. The molecule has 0 atom stereocenters. The molecule has 2 aromatic heterocycles. The number of pyridine rings is 1. The van der Waals surface area contributed by atoms with Crippen LogP contribution in [0, 0.1) is 13.8 Å². The molecule has 0 bridgehead atoms. The lowest BCUT2D eigenvalue weighted by Crippen LogP contribution is -2.42. The second-order valence-electron chi connectivity index (χ2n) is 12.0. The number of carbonyl (C=O) groups is 1. The van der Waals surface area contributed by atoms with Crippen LogP contribution in [0.1, 0.15) is 94.5 Å². The number of nitrogens with zero attached hydrogens (tertiary/aromatic N) is 5. The van der Waals surface area contributed by atoms with Gasteiger partial charge in [-0.1, -0.05) is 36.6 Å². The number of rotatable bonds is 5. The molecule has 1 amide bonds. The SMILES string of the molecule is Cc1cc(Oc2cccc(-c3c(C)nnn3C3CCN(C(=O)OC(C)(C)C)CC3)n2)cc(C2CCCCC2)c1. The van der Waals surface area contributed by atoms with Crippen molar-refractivity contribution in [1.82, 2.24) is 24.9 Å². The van der Waals surface area contributed by atoms with Gasteiger partial charge in [-0.2, -0.15) is 0 Å². The molecule has 8 heteroatoms. The van der Waals surface area contributed by atoms with Gasteiger partial charge in [0, 0.05) is 19.2 Å². The highest BCUT2D eigenvalue weighted by molar-refractivity contribution is 5.68. The molecule has 0 radical (unpaired) electrons. The van der Waals surface area contributed by atoms with Crippen molar-refractivity contribution in [2.24, 2.45) is 0 Å². The van der Waals surface area contributed by atoms with Crippen LogP contribution >= 0.6 is 0 Å². The summed E-state index contributed by atoms with van der Waals surface area (Å²) in [7, 11) is 0. The molecule has 5 rings (SSSR count). The molecule has 208 valence electrons. The molecule has 2 aliphatic rings. The maximum Gasteiger partial charge on any atom is 0.410 e. The van der Waals surface area contributed by atoms with Gasteiger partial charge in [-0.3, -0.25) is 0 Å². The minimum Gasteiger partial charge on any atom is -0.444 e. The molecular weight excluding hydrogens is 490 g/mol. The van der Waals surface area contributed by atoms with E-state index in [1.54, 1.807) is 4.90 Å². The topological polar surface area (TPSA) is 82.4 Å². The summed E-state index contributed by atoms with van der Waals surface area (Å²) in [6.45, 7) is 11.0. The van der Waals surface area contributed by atoms with Gasteiger partial charge in [-0.05, 0) is 95.5 Å². The lowest BCUT2D eigenvalue weighted by atomic mass is 9.83. The minimum atomic E-state index is -0.501. The number of ether oxygens (including phenoxy) is 2. The van der Waals surface area contributed by atoms with Crippen molar-refractivity contribution in [3.05, 3.63) is 53.2 Å². The Balaban J connectivity index is 1.32. The van der Waals surface area contributed by atoms with Crippen molar-refractivity contribution in [2.45, 2.75) is 97.1 Å². The number of likely N-dealkylation sites (tertiary alicyclic amines) is 1. The lowest BCUT2D eigenvalue weighted by molar-refractivity contribution is 0.0185. The van der Waals surface area contributed by atoms with Gasteiger partial charge in [0.25, 0.3) is 0 Å². The summed E-state index contributed by atoms with van der Waals surface area (Å²) in [5.74, 6) is 2.00. The van der Waals surface area contributed by atoms with Gasteiger partial charge in [-0.15, -0.1) is 5.10 Å². The first kappa shape index (κ1) is 27.2. The van der Waals surface area contributed by atoms with Crippen molar-refractivity contribution in [2.75, 3.05) is 13.1 Å². The van der Waals surface area contributed by atoms with Crippen LogP contribution < -0.4 is 4.74 Å². The smallest absolute Gasteiger partial charge is 0.410 e. The average molecular weight is 532 g/mol. The number of amides is 1. The third-order valence-corrected chi connectivity index (χ3v) is 7.66. The average Bonchev–Trinajstić information content (AvgIpc) is 3.29. The Hall–Kier alpha value is -3.42. The van der Waals surface area contributed by atoms with E-state index in [0.717, 1.165) is 35.7 Å². The van der Waals surface area contributed by atoms with Crippen LogP contribution in [0.3, 0.4) is 0 Å². The first-order valence-electron chi connectivity index (χ1n) is 14.3. The fraction of sp³-hybridized carbons (Fsp3) is 0.548. The quantitative estimate of drug-likeness (QED) is 0.342. The van der Waals surface area contributed by atoms with E-state index in [1.165, 1.54) is 43.2 Å². The van der Waals surface area contributed by atoms with Gasteiger partial charge in [-0.25, -0.2) is 14.5 Å². The van der Waals surface area contributed by atoms with Crippen LogP contribution in [0.25, 0.3) is 11.4 Å². The van der Waals surface area contributed by atoms with Gasteiger partial charge in [0.2, 0.25) is 5.88 Å². The summed E-state index contributed by atoms with van der Waals surface area (Å²) in [6.07, 6.45) is 7.75. The normalized spacial score (nSPS) is 17.3. The number of carbonyl (C=O) groups excluding carboxylic acids is 1. The number of hydrogen-bond donors (Lipinski definition) is 0. The van der Waals surface area contributed by atoms with E-state index >= 15 is 0 Å². The first-order chi connectivity index (χ1) is 18.7. The molecule has 0 spiro atoms. The standard InChI is InChI=1S/C31H41N5O3/c1-21-18-24(23-10-7-6-8-11-23)20-26(19-21)38-28-13-9-12-27(32-28)29-22(2)33-34-36(29)25-14-16-35(17-15-25)30(37)39-31(3,4)5/h9,12-13,18-20,23,25H,6-8,10-11,14-17H2,1-5H3. The molecule has 1 saturated heterocycles. The third-order valence-electron chi connectivity index (χ3n) is 7.66. The number of piperidine rings is 1. The highest BCUT2D eigenvalue weighted by atomic mass is 16.6. The molecular formula is C31H41N5O3. The van der Waals surface area contributed by atoms with E-state index in [1.807, 2.05) is 50.6 Å². The van der Waals surface area contributed by atoms with E-state index in [4.69, 9.17) is 14.5 Å². The summed E-state index contributed by atoms with van der Waals surface area (Å²) in [6, 6.07) is 12.5. The highest BCUT2D eigenvalue weighted by Gasteiger charge is 2.30. The molecule has 1 aliphatic carbocycles. The van der Waals surface area contributed by atoms with Crippen molar-refractivity contribution < 1.29 is 14.3 Å². The Morgan fingerprint density at radius 3 is 2.44 bits per heavy atom. The van der Waals surface area contributed by atoms with E-state index in [9.17, 15) is 4.79 Å². The van der Waals surface area contributed by atoms with Crippen LogP contribution in [0.4, 0.5) is 4.79 Å². The van der Waals surface area contributed by atoms with Crippen molar-refractivity contribution in [3.8, 4) is 23.0 Å². The number of benzene rings is 1. The lowest BCUT2D eigenvalue weighted by Gasteiger charge is -2.33. The second-order valence-corrected chi connectivity index (χ2v) is 12.0. The molecule has 3 heterocycles. The van der Waals surface area contributed by atoms with E-state index < -0.39 is 5.60 Å². The number of hydrogen-bond acceptors (Lipinski definition) is 6. The van der Waals surface area contributed by atoms with Crippen LogP contribution in [0.2, 0.25) is 0 Å². The van der Waals surface area contributed by atoms with Gasteiger partial charge < -0.3 is 14.4 Å². The highest BCUT2D eigenvalue weighted by Crippen LogP contribution is 2.36. The van der Waals surface area contributed by atoms with E-state index in [2.05, 4.69) is 35.4 Å².